The number of pyridine rings is 1. The summed E-state index contributed by atoms with van der Waals surface area (Å²) in [4.78, 5) is 15.5. The number of rotatable bonds is 6. The molecule has 1 N–H and O–H groups in total. The number of aromatic nitrogens is 3. The van der Waals surface area contributed by atoms with E-state index in [4.69, 9.17) is 16.3 Å². The van der Waals surface area contributed by atoms with Crippen molar-refractivity contribution < 1.29 is 50.0 Å². The average molecular weight is 402 g/mol. The number of aromatic carboxylic acids is 1. The number of ether oxygens (including phenoxy) is 1. The summed E-state index contributed by atoms with van der Waals surface area (Å²) in [6.07, 6.45) is 2.88. The largest absolute Gasteiger partial charge is 1.00 e. The van der Waals surface area contributed by atoms with E-state index in [1.54, 1.807) is 22.9 Å². The van der Waals surface area contributed by atoms with Gasteiger partial charge in [0.05, 0.1) is 23.7 Å². The number of hydrogen-bond acceptors (Lipinski definition) is 4. The normalized spacial score (nSPS) is 11.3. The van der Waals surface area contributed by atoms with Gasteiger partial charge in [-0.2, -0.15) is 5.10 Å². The van der Waals surface area contributed by atoms with Crippen LogP contribution in [0.25, 0.3) is 11.0 Å². The van der Waals surface area contributed by atoms with Crippen molar-refractivity contribution in [2.75, 3.05) is 6.61 Å². The third kappa shape index (κ3) is 5.19. The van der Waals surface area contributed by atoms with Crippen molar-refractivity contribution in [1.29, 1.82) is 0 Å². The van der Waals surface area contributed by atoms with E-state index in [-0.39, 0.29) is 49.7 Å². The Kier molecular flexibility index (Phi) is 6.86. The third-order valence-electron chi connectivity index (χ3n) is 3.68. The van der Waals surface area contributed by atoms with Crippen molar-refractivity contribution in [2.24, 2.45) is 0 Å². The summed E-state index contributed by atoms with van der Waals surface area (Å²) < 4.78 is 20.9. The van der Waals surface area contributed by atoms with Crippen LogP contribution < -0.4 is 34.3 Å². The van der Waals surface area contributed by atoms with Crippen LogP contribution in [0.3, 0.4) is 0 Å². The second-order valence-corrected chi connectivity index (χ2v) is 6.90. The molecule has 0 aliphatic heterocycles. The van der Waals surface area contributed by atoms with E-state index in [0.29, 0.717) is 27.4 Å². The average Bonchev–Trinajstić information content (AvgIpc) is 2.96. The van der Waals surface area contributed by atoms with E-state index < -0.39 is 11.6 Å². The quantitative estimate of drug-likeness (QED) is 0.625. The van der Waals surface area contributed by atoms with Crippen molar-refractivity contribution >= 4 is 28.6 Å². The molecule has 6 nitrogen and oxygen atoms in total. The standard InChI is InChI=1S/C18H17ClFN3O3.Na.H/c1-18(2,20)10-26-15-4-3-12(19)7-11(15)9-23-16-14(8-22-23)13(17(24)25)5-6-21-16;;/h3-8H,9-10H2,1-2H3,(H,24,25);;/q;+1;-1. The molecular weight excluding hydrogens is 384 g/mol. The van der Waals surface area contributed by atoms with E-state index in [2.05, 4.69) is 10.1 Å². The van der Waals surface area contributed by atoms with Gasteiger partial charge < -0.3 is 11.3 Å². The van der Waals surface area contributed by atoms with Crippen LogP contribution in [0.5, 0.6) is 5.75 Å². The number of halogens is 2. The molecule has 0 saturated heterocycles. The van der Waals surface area contributed by atoms with Crippen LogP contribution in [0.2, 0.25) is 5.02 Å². The molecule has 0 spiro atoms. The molecule has 2 aromatic heterocycles. The molecule has 0 fully saturated rings. The minimum Gasteiger partial charge on any atom is -1.00 e. The number of carboxylic acid groups (broad SMARTS) is 1. The third-order valence-corrected chi connectivity index (χ3v) is 3.92. The molecule has 0 aliphatic rings. The van der Waals surface area contributed by atoms with Crippen molar-refractivity contribution in [3.63, 3.8) is 0 Å². The molecule has 0 amide bonds. The van der Waals surface area contributed by atoms with Crippen LogP contribution in [0.4, 0.5) is 4.39 Å². The Balaban J connectivity index is 0.00000196. The van der Waals surface area contributed by atoms with Gasteiger partial charge in [0.1, 0.15) is 18.0 Å². The molecular formula is C18H18ClFN3NaO3. The second-order valence-electron chi connectivity index (χ2n) is 6.46. The summed E-state index contributed by atoms with van der Waals surface area (Å²) in [5, 5.41) is 14.4. The Hall–Kier alpha value is -1.67. The first kappa shape index (κ1) is 21.6. The summed E-state index contributed by atoms with van der Waals surface area (Å²) in [7, 11) is 0. The minimum absolute atomic E-state index is 0. The van der Waals surface area contributed by atoms with Crippen molar-refractivity contribution in [1.82, 2.24) is 14.8 Å². The zero-order valence-electron chi connectivity index (χ0n) is 16.2. The maximum atomic E-state index is 13.8. The Bertz CT molecular complexity index is 978. The van der Waals surface area contributed by atoms with Crippen LogP contribution in [0, 0.1) is 0 Å². The topological polar surface area (TPSA) is 77.2 Å². The van der Waals surface area contributed by atoms with Crippen molar-refractivity contribution in [3.8, 4) is 5.75 Å². The van der Waals surface area contributed by atoms with Crippen LogP contribution in [0.15, 0.2) is 36.7 Å². The molecule has 0 bridgehead atoms. The molecule has 2 heterocycles. The zero-order chi connectivity index (χ0) is 18.9. The fourth-order valence-corrected chi connectivity index (χ4v) is 2.70. The number of carboxylic acids is 1. The SMILES string of the molecule is CC(C)(F)COc1ccc(Cl)cc1Cn1ncc2c(C(=O)O)ccnc21.[H-].[Na+]. The molecule has 3 aromatic rings. The Morgan fingerprint density at radius 2 is 2.15 bits per heavy atom. The fraction of sp³-hybridized carbons (Fsp3) is 0.278. The summed E-state index contributed by atoms with van der Waals surface area (Å²) in [6, 6.07) is 6.46. The van der Waals surface area contributed by atoms with Gasteiger partial charge in [0.15, 0.2) is 5.65 Å². The Morgan fingerprint density at radius 3 is 2.81 bits per heavy atom. The first-order valence-corrected chi connectivity index (χ1v) is 8.26. The number of alkyl halides is 1. The number of hydrogen-bond donors (Lipinski definition) is 1. The number of nitrogens with zero attached hydrogens (tertiary/aromatic N) is 3. The smallest absolute Gasteiger partial charge is 1.00 e. The van der Waals surface area contributed by atoms with Gasteiger partial charge in [0, 0.05) is 16.8 Å². The van der Waals surface area contributed by atoms with E-state index in [9.17, 15) is 14.3 Å². The fourth-order valence-electron chi connectivity index (χ4n) is 2.50. The van der Waals surface area contributed by atoms with Gasteiger partial charge >= 0.3 is 35.5 Å². The van der Waals surface area contributed by atoms with Gasteiger partial charge in [0.2, 0.25) is 0 Å². The first-order valence-electron chi connectivity index (χ1n) is 7.88. The molecule has 0 saturated carbocycles. The molecule has 0 aliphatic carbocycles. The predicted octanol–water partition coefficient (Wildman–Crippen LogP) is 1.07. The molecule has 0 atom stereocenters. The molecule has 27 heavy (non-hydrogen) atoms. The van der Waals surface area contributed by atoms with E-state index in [1.165, 1.54) is 32.3 Å². The van der Waals surface area contributed by atoms with E-state index in [1.807, 2.05) is 0 Å². The minimum atomic E-state index is -1.48. The summed E-state index contributed by atoms with van der Waals surface area (Å²) in [5.74, 6) is -0.563. The van der Waals surface area contributed by atoms with E-state index in [0.717, 1.165) is 0 Å². The summed E-state index contributed by atoms with van der Waals surface area (Å²) in [6.45, 7) is 3.01. The Labute approximate surface area is 184 Å². The first-order chi connectivity index (χ1) is 12.2. The molecule has 3 rings (SSSR count). The van der Waals surface area contributed by atoms with Gasteiger partial charge in [-0.15, -0.1) is 0 Å². The second kappa shape index (κ2) is 8.56. The summed E-state index contributed by atoms with van der Waals surface area (Å²) >= 11 is 6.08. The van der Waals surface area contributed by atoms with Gasteiger partial charge in [-0.1, -0.05) is 11.6 Å². The van der Waals surface area contributed by atoms with Gasteiger partial charge in [-0.25, -0.2) is 18.9 Å². The molecule has 1 aromatic carbocycles. The number of benzene rings is 1. The van der Waals surface area contributed by atoms with Crippen molar-refractivity contribution in [3.05, 3.63) is 52.8 Å². The maximum Gasteiger partial charge on any atom is 1.00 e. The van der Waals surface area contributed by atoms with Crippen LogP contribution in [-0.4, -0.2) is 38.1 Å². The maximum absolute atomic E-state index is 13.8. The predicted molar refractivity (Wildman–Crippen MR) is 96.8 cm³/mol. The molecule has 0 radical (unpaired) electrons. The van der Waals surface area contributed by atoms with Crippen LogP contribution in [-0.2, 0) is 6.54 Å². The zero-order valence-corrected chi connectivity index (χ0v) is 18.0. The monoisotopic (exact) mass is 401 g/mol. The van der Waals surface area contributed by atoms with E-state index >= 15 is 0 Å². The van der Waals surface area contributed by atoms with Crippen molar-refractivity contribution in [2.45, 2.75) is 26.1 Å². The van der Waals surface area contributed by atoms with Crippen LogP contribution >= 0.6 is 11.6 Å². The number of fused-ring (bicyclic) bond motifs is 1. The summed E-state index contributed by atoms with van der Waals surface area (Å²) in [5.41, 5.74) is -0.230. The van der Waals surface area contributed by atoms with Gasteiger partial charge in [0.25, 0.3) is 0 Å². The Morgan fingerprint density at radius 1 is 1.41 bits per heavy atom. The molecule has 0 unspecified atom stereocenters. The molecule has 9 heteroatoms. The molecule has 138 valence electrons. The van der Waals surface area contributed by atoms with Crippen LogP contribution in [0.1, 0.15) is 31.2 Å². The van der Waals surface area contributed by atoms with Gasteiger partial charge in [-0.3, -0.25) is 0 Å². The number of carbonyl (C=O) groups is 1. The van der Waals surface area contributed by atoms with Gasteiger partial charge in [-0.05, 0) is 38.1 Å².